The third-order valence-electron chi connectivity index (χ3n) is 1.64. The van der Waals surface area contributed by atoms with Gasteiger partial charge in [0.15, 0.2) is 0 Å². The lowest BCUT2D eigenvalue weighted by atomic mass is 10.0. The number of rotatable bonds is 0. The Labute approximate surface area is 60.0 Å². The van der Waals surface area contributed by atoms with E-state index in [9.17, 15) is 0 Å². The van der Waals surface area contributed by atoms with Crippen LogP contribution in [0.2, 0.25) is 0 Å². The summed E-state index contributed by atoms with van der Waals surface area (Å²) >= 11 is 1.91. The molecular weight excluding hydrogens is 128 g/mol. The second kappa shape index (κ2) is 2.22. The minimum absolute atomic E-state index is 1.08. The standard InChI is InChI=1S/C8H8S/c1-2-4-8-7(3-1)5-6-9-8/h2,4H,1,3,6H2. The predicted molar refractivity (Wildman–Crippen MR) is 41.1 cm³/mol. The molecule has 1 aliphatic carbocycles. The normalized spacial score (nSPS) is 24.9. The summed E-state index contributed by atoms with van der Waals surface area (Å²) < 4.78 is 0. The zero-order chi connectivity index (χ0) is 6.10. The topological polar surface area (TPSA) is 0 Å². The van der Waals surface area contributed by atoms with Gasteiger partial charge in [-0.3, -0.25) is 0 Å². The second-order valence-electron chi connectivity index (χ2n) is 2.25. The van der Waals surface area contributed by atoms with E-state index in [-0.39, 0.29) is 0 Å². The molecule has 0 amide bonds. The molecule has 0 nitrogen and oxygen atoms in total. The summed E-state index contributed by atoms with van der Waals surface area (Å²) in [5.74, 6) is 1.08. The summed E-state index contributed by atoms with van der Waals surface area (Å²) in [6.07, 6.45) is 10.3. The maximum Gasteiger partial charge on any atom is 0.0242 e. The highest BCUT2D eigenvalue weighted by atomic mass is 32.2. The lowest BCUT2D eigenvalue weighted by Gasteiger charge is -2.04. The first kappa shape index (κ1) is 5.60. The molecular formula is C8H8S. The Balaban J connectivity index is 2.28. The Hall–Kier alpha value is -0.170. The number of hydrogen-bond acceptors (Lipinski definition) is 1. The van der Waals surface area contributed by atoms with Crippen LogP contribution < -0.4 is 0 Å². The molecule has 1 aliphatic heterocycles. The van der Waals surface area contributed by atoms with Crippen molar-refractivity contribution in [3.8, 4) is 0 Å². The van der Waals surface area contributed by atoms with Crippen molar-refractivity contribution in [3.63, 3.8) is 0 Å². The molecule has 0 saturated carbocycles. The molecule has 0 N–H and O–H groups in total. The fourth-order valence-electron chi connectivity index (χ4n) is 1.15. The second-order valence-corrected chi connectivity index (χ2v) is 3.27. The van der Waals surface area contributed by atoms with E-state index < -0.39 is 0 Å². The zero-order valence-electron chi connectivity index (χ0n) is 5.18. The van der Waals surface area contributed by atoms with Crippen molar-refractivity contribution in [3.05, 3.63) is 29.1 Å². The molecule has 0 unspecified atom stereocenters. The third-order valence-corrected chi connectivity index (χ3v) is 2.62. The van der Waals surface area contributed by atoms with E-state index in [4.69, 9.17) is 0 Å². The Morgan fingerprint density at radius 1 is 1.56 bits per heavy atom. The lowest BCUT2D eigenvalue weighted by Crippen LogP contribution is -1.85. The molecule has 46 valence electrons. The summed E-state index contributed by atoms with van der Waals surface area (Å²) in [7, 11) is 0. The van der Waals surface area contributed by atoms with Gasteiger partial charge in [0, 0.05) is 17.1 Å². The van der Waals surface area contributed by atoms with E-state index in [2.05, 4.69) is 18.6 Å². The highest BCUT2D eigenvalue weighted by molar-refractivity contribution is 8.03. The van der Waals surface area contributed by atoms with E-state index in [1.54, 1.807) is 0 Å². The average molecular weight is 136 g/mol. The van der Waals surface area contributed by atoms with Gasteiger partial charge in [0.2, 0.25) is 0 Å². The van der Waals surface area contributed by atoms with Crippen LogP contribution in [0.5, 0.6) is 0 Å². The maximum atomic E-state index is 3.35. The average Bonchev–Trinajstić information content (AvgIpc) is 2.33. The molecule has 0 aromatic heterocycles. The van der Waals surface area contributed by atoms with Gasteiger partial charge in [-0.15, -0.1) is 11.8 Å². The van der Waals surface area contributed by atoms with Crippen LogP contribution in [0.1, 0.15) is 12.8 Å². The summed E-state index contributed by atoms with van der Waals surface area (Å²) in [5.41, 5.74) is 1.46. The van der Waals surface area contributed by atoms with Crippen molar-refractivity contribution in [2.45, 2.75) is 12.8 Å². The van der Waals surface area contributed by atoms with Crippen molar-refractivity contribution in [1.29, 1.82) is 0 Å². The van der Waals surface area contributed by atoms with Gasteiger partial charge in [-0.25, -0.2) is 0 Å². The minimum Gasteiger partial charge on any atom is -0.125 e. The monoisotopic (exact) mass is 136 g/mol. The zero-order valence-corrected chi connectivity index (χ0v) is 6.00. The molecule has 2 rings (SSSR count). The highest BCUT2D eigenvalue weighted by Crippen LogP contribution is 2.36. The smallest absolute Gasteiger partial charge is 0.0242 e. The van der Waals surface area contributed by atoms with E-state index in [1.165, 1.54) is 23.3 Å². The first-order chi connectivity index (χ1) is 4.47. The fraction of sp³-hybridized carbons (Fsp3) is 0.375. The molecule has 0 atom stereocenters. The highest BCUT2D eigenvalue weighted by Gasteiger charge is 2.14. The first-order valence-electron chi connectivity index (χ1n) is 3.23. The molecule has 0 fully saturated rings. The molecule has 2 aliphatic rings. The van der Waals surface area contributed by atoms with E-state index in [1.807, 2.05) is 11.8 Å². The van der Waals surface area contributed by atoms with Crippen LogP contribution in [-0.2, 0) is 0 Å². The molecule has 0 bridgehead atoms. The molecule has 0 spiro atoms. The Morgan fingerprint density at radius 2 is 2.56 bits per heavy atom. The predicted octanol–water partition coefficient (Wildman–Crippen LogP) is 2.42. The number of allylic oxidation sites excluding steroid dienone is 3. The van der Waals surface area contributed by atoms with Crippen LogP contribution in [-0.4, -0.2) is 5.75 Å². The Bertz CT molecular complexity index is 177. The quantitative estimate of drug-likeness (QED) is 0.493. The largest absolute Gasteiger partial charge is 0.125 e. The van der Waals surface area contributed by atoms with Crippen LogP contribution in [0.15, 0.2) is 22.6 Å². The molecule has 2 radical (unpaired) electrons. The molecule has 9 heavy (non-hydrogen) atoms. The van der Waals surface area contributed by atoms with E-state index in [0.717, 1.165) is 5.75 Å². The van der Waals surface area contributed by atoms with Gasteiger partial charge in [-0.05, 0) is 18.4 Å². The van der Waals surface area contributed by atoms with Crippen molar-refractivity contribution < 1.29 is 0 Å². The summed E-state index contributed by atoms with van der Waals surface area (Å²) in [5, 5.41) is 0. The van der Waals surface area contributed by atoms with Gasteiger partial charge in [0.05, 0.1) is 0 Å². The van der Waals surface area contributed by atoms with Gasteiger partial charge in [0.25, 0.3) is 0 Å². The van der Waals surface area contributed by atoms with Crippen LogP contribution in [0, 0.1) is 6.42 Å². The van der Waals surface area contributed by atoms with E-state index in [0.29, 0.717) is 0 Å². The summed E-state index contributed by atoms with van der Waals surface area (Å²) in [6, 6.07) is 0. The van der Waals surface area contributed by atoms with Crippen molar-refractivity contribution in [1.82, 2.24) is 0 Å². The van der Waals surface area contributed by atoms with Crippen molar-refractivity contribution >= 4 is 11.8 Å². The third kappa shape index (κ3) is 0.940. The number of hydrogen-bond donors (Lipinski definition) is 0. The minimum atomic E-state index is 1.08. The molecule has 0 aromatic rings. The Kier molecular flexibility index (Phi) is 1.38. The Morgan fingerprint density at radius 3 is 3.44 bits per heavy atom. The van der Waals surface area contributed by atoms with E-state index >= 15 is 0 Å². The SMILES string of the molecule is [C]1CSC2=C1CCC=C2. The van der Waals surface area contributed by atoms with Crippen LogP contribution in [0.3, 0.4) is 0 Å². The van der Waals surface area contributed by atoms with Crippen molar-refractivity contribution in [2.24, 2.45) is 0 Å². The van der Waals surface area contributed by atoms with Gasteiger partial charge in [0.1, 0.15) is 0 Å². The van der Waals surface area contributed by atoms with Gasteiger partial charge >= 0.3 is 0 Å². The first-order valence-corrected chi connectivity index (χ1v) is 4.22. The van der Waals surface area contributed by atoms with Gasteiger partial charge in [-0.2, -0.15) is 0 Å². The van der Waals surface area contributed by atoms with Gasteiger partial charge < -0.3 is 0 Å². The van der Waals surface area contributed by atoms with Crippen molar-refractivity contribution in [2.75, 3.05) is 5.75 Å². The fourth-order valence-corrected chi connectivity index (χ4v) is 2.10. The lowest BCUT2D eigenvalue weighted by molar-refractivity contribution is 0.971. The molecule has 1 heteroatoms. The van der Waals surface area contributed by atoms with Crippen LogP contribution in [0.25, 0.3) is 0 Å². The summed E-state index contributed by atoms with van der Waals surface area (Å²) in [6.45, 7) is 0. The number of thioether (sulfide) groups is 1. The maximum absolute atomic E-state index is 3.35. The summed E-state index contributed by atoms with van der Waals surface area (Å²) in [4.78, 5) is 1.46. The molecule has 1 heterocycles. The van der Waals surface area contributed by atoms with Gasteiger partial charge in [-0.1, -0.05) is 12.2 Å². The molecule has 0 saturated heterocycles. The van der Waals surface area contributed by atoms with Crippen LogP contribution >= 0.6 is 11.8 Å². The van der Waals surface area contributed by atoms with Crippen LogP contribution in [0.4, 0.5) is 0 Å². The molecule has 0 aromatic carbocycles.